The van der Waals surface area contributed by atoms with E-state index in [-0.39, 0.29) is 5.91 Å². The number of carbonyl (C=O) groups is 1. The number of anilines is 1. The Labute approximate surface area is 117 Å². The number of nitrogens with zero attached hydrogens (tertiary/aromatic N) is 1. The van der Waals surface area contributed by atoms with Crippen molar-refractivity contribution in [2.24, 2.45) is 0 Å². The Bertz CT molecular complexity index is 624. The lowest BCUT2D eigenvalue weighted by Gasteiger charge is -2.06. The number of hydrogen-bond acceptors (Lipinski definition) is 3. The molecule has 100 valence electrons. The number of carbonyl (C=O) groups excluding carboxylic acids is 1. The Balaban J connectivity index is 1.85. The van der Waals surface area contributed by atoms with E-state index in [2.05, 4.69) is 5.32 Å². The Kier molecular flexibility index (Phi) is 4.35. The monoisotopic (exact) mass is 265 g/mol. The molecule has 0 spiro atoms. The van der Waals surface area contributed by atoms with E-state index in [0.717, 1.165) is 17.7 Å². The van der Waals surface area contributed by atoms with E-state index in [0.29, 0.717) is 17.7 Å². The highest BCUT2D eigenvalue weighted by atomic mass is 16.1. The van der Waals surface area contributed by atoms with E-state index in [4.69, 9.17) is 11.0 Å². The SMILES string of the molecule is N#Cc1ccc(C(=O)NCCc2ccc(N)cc2)cc1. The normalized spacial score (nSPS) is 9.75. The van der Waals surface area contributed by atoms with Crippen molar-refractivity contribution >= 4 is 11.6 Å². The molecule has 3 N–H and O–H groups in total. The number of nitrogens with two attached hydrogens (primary N) is 1. The molecule has 2 aromatic rings. The van der Waals surface area contributed by atoms with Gasteiger partial charge >= 0.3 is 0 Å². The summed E-state index contributed by atoms with van der Waals surface area (Å²) in [5.74, 6) is -0.134. The molecule has 0 radical (unpaired) electrons. The van der Waals surface area contributed by atoms with Gasteiger partial charge in [-0.05, 0) is 48.4 Å². The fourth-order valence-corrected chi connectivity index (χ4v) is 1.80. The van der Waals surface area contributed by atoms with E-state index in [1.165, 1.54) is 0 Å². The second-order valence-electron chi connectivity index (χ2n) is 4.44. The van der Waals surface area contributed by atoms with Crippen molar-refractivity contribution in [1.29, 1.82) is 5.26 Å². The van der Waals surface area contributed by atoms with Crippen LogP contribution >= 0.6 is 0 Å². The molecule has 0 aromatic heterocycles. The summed E-state index contributed by atoms with van der Waals surface area (Å²) in [6, 6.07) is 16.2. The standard InChI is InChI=1S/C16H15N3O/c17-11-13-1-5-14(6-2-13)16(20)19-10-9-12-3-7-15(18)8-4-12/h1-8H,9-10,18H2,(H,19,20). The van der Waals surface area contributed by atoms with Gasteiger partial charge in [-0.1, -0.05) is 12.1 Å². The Morgan fingerprint density at radius 1 is 1.10 bits per heavy atom. The molecule has 0 atom stereocenters. The Morgan fingerprint density at radius 2 is 1.75 bits per heavy atom. The zero-order valence-corrected chi connectivity index (χ0v) is 11.0. The molecule has 0 bridgehead atoms. The van der Waals surface area contributed by atoms with Crippen LogP contribution in [0, 0.1) is 11.3 Å². The van der Waals surface area contributed by atoms with E-state index in [1.807, 2.05) is 30.3 Å². The summed E-state index contributed by atoms with van der Waals surface area (Å²) in [6.45, 7) is 0.558. The molecule has 20 heavy (non-hydrogen) atoms. The summed E-state index contributed by atoms with van der Waals surface area (Å²) in [7, 11) is 0. The fourth-order valence-electron chi connectivity index (χ4n) is 1.80. The molecule has 4 nitrogen and oxygen atoms in total. The lowest BCUT2D eigenvalue weighted by Crippen LogP contribution is -2.25. The molecule has 0 aliphatic heterocycles. The predicted octanol–water partition coefficient (Wildman–Crippen LogP) is 2.11. The third kappa shape index (κ3) is 3.59. The number of benzene rings is 2. The minimum Gasteiger partial charge on any atom is -0.399 e. The molecule has 0 fully saturated rings. The smallest absolute Gasteiger partial charge is 0.251 e. The zero-order chi connectivity index (χ0) is 14.4. The zero-order valence-electron chi connectivity index (χ0n) is 11.0. The maximum Gasteiger partial charge on any atom is 0.251 e. The lowest BCUT2D eigenvalue weighted by atomic mass is 10.1. The highest BCUT2D eigenvalue weighted by molar-refractivity contribution is 5.94. The van der Waals surface area contributed by atoms with Crippen LogP contribution < -0.4 is 11.1 Å². The van der Waals surface area contributed by atoms with E-state index in [1.54, 1.807) is 24.3 Å². The molecule has 4 heteroatoms. The van der Waals surface area contributed by atoms with Crippen LogP contribution in [-0.2, 0) is 6.42 Å². The molecule has 0 saturated heterocycles. The van der Waals surface area contributed by atoms with Crippen LogP contribution in [0.4, 0.5) is 5.69 Å². The van der Waals surface area contributed by atoms with Gasteiger partial charge in [-0.15, -0.1) is 0 Å². The summed E-state index contributed by atoms with van der Waals surface area (Å²) >= 11 is 0. The van der Waals surface area contributed by atoms with Crippen LogP contribution in [0.1, 0.15) is 21.5 Å². The van der Waals surface area contributed by atoms with Crippen molar-refractivity contribution in [3.63, 3.8) is 0 Å². The van der Waals surface area contributed by atoms with Crippen LogP contribution in [0.2, 0.25) is 0 Å². The molecule has 0 aliphatic carbocycles. The molecular formula is C16H15N3O. The van der Waals surface area contributed by atoms with Crippen LogP contribution in [0.25, 0.3) is 0 Å². The lowest BCUT2D eigenvalue weighted by molar-refractivity contribution is 0.0954. The van der Waals surface area contributed by atoms with E-state index >= 15 is 0 Å². The maximum absolute atomic E-state index is 11.9. The molecule has 2 aromatic carbocycles. The quantitative estimate of drug-likeness (QED) is 0.831. The summed E-state index contributed by atoms with van der Waals surface area (Å²) in [5.41, 5.74) is 8.57. The van der Waals surface area contributed by atoms with Gasteiger partial charge in [-0.3, -0.25) is 4.79 Å². The number of amides is 1. The number of hydrogen-bond donors (Lipinski definition) is 2. The fraction of sp³-hybridized carbons (Fsp3) is 0.125. The highest BCUT2D eigenvalue weighted by Gasteiger charge is 2.04. The molecule has 0 heterocycles. The molecule has 0 saturated carbocycles. The minimum atomic E-state index is -0.134. The summed E-state index contributed by atoms with van der Waals surface area (Å²) in [4.78, 5) is 11.9. The second-order valence-corrected chi connectivity index (χ2v) is 4.44. The topological polar surface area (TPSA) is 78.9 Å². The van der Waals surface area contributed by atoms with Crippen molar-refractivity contribution in [3.05, 3.63) is 65.2 Å². The summed E-state index contributed by atoms with van der Waals surface area (Å²) in [6.07, 6.45) is 0.752. The van der Waals surface area contributed by atoms with Gasteiger partial charge in [-0.25, -0.2) is 0 Å². The maximum atomic E-state index is 11.9. The van der Waals surface area contributed by atoms with Gasteiger partial charge < -0.3 is 11.1 Å². The second kappa shape index (κ2) is 6.39. The first-order chi connectivity index (χ1) is 9.69. The van der Waals surface area contributed by atoms with Gasteiger partial charge in [0.15, 0.2) is 0 Å². The van der Waals surface area contributed by atoms with Crippen molar-refractivity contribution < 1.29 is 4.79 Å². The minimum absolute atomic E-state index is 0.134. The van der Waals surface area contributed by atoms with Crippen LogP contribution in [-0.4, -0.2) is 12.5 Å². The van der Waals surface area contributed by atoms with Crippen molar-refractivity contribution in [1.82, 2.24) is 5.32 Å². The first-order valence-electron chi connectivity index (χ1n) is 6.32. The van der Waals surface area contributed by atoms with Gasteiger partial charge in [0.1, 0.15) is 0 Å². The Hall–Kier alpha value is -2.80. The van der Waals surface area contributed by atoms with Gasteiger partial charge in [-0.2, -0.15) is 5.26 Å². The number of nitriles is 1. The van der Waals surface area contributed by atoms with E-state index in [9.17, 15) is 4.79 Å². The van der Waals surface area contributed by atoms with Gasteiger partial charge in [0.25, 0.3) is 5.91 Å². The van der Waals surface area contributed by atoms with Crippen LogP contribution in [0.3, 0.4) is 0 Å². The third-order valence-electron chi connectivity index (χ3n) is 2.96. The van der Waals surface area contributed by atoms with Gasteiger partial charge in [0.2, 0.25) is 0 Å². The van der Waals surface area contributed by atoms with Crippen LogP contribution in [0.5, 0.6) is 0 Å². The highest BCUT2D eigenvalue weighted by Crippen LogP contribution is 2.06. The largest absolute Gasteiger partial charge is 0.399 e. The first-order valence-corrected chi connectivity index (χ1v) is 6.32. The van der Waals surface area contributed by atoms with Crippen molar-refractivity contribution in [2.75, 3.05) is 12.3 Å². The Morgan fingerprint density at radius 3 is 2.35 bits per heavy atom. The van der Waals surface area contributed by atoms with Crippen molar-refractivity contribution in [2.45, 2.75) is 6.42 Å². The molecule has 2 rings (SSSR count). The molecule has 0 aliphatic rings. The summed E-state index contributed by atoms with van der Waals surface area (Å²) < 4.78 is 0. The van der Waals surface area contributed by atoms with Gasteiger partial charge in [0.05, 0.1) is 11.6 Å². The van der Waals surface area contributed by atoms with Gasteiger partial charge in [0, 0.05) is 17.8 Å². The molecule has 1 amide bonds. The number of nitrogens with one attached hydrogen (secondary N) is 1. The average Bonchev–Trinajstić information content (AvgIpc) is 2.49. The van der Waals surface area contributed by atoms with Crippen molar-refractivity contribution in [3.8, 4) is 6.07 Å². The number of nitrogen functional groups attached to an aromatic ring is 1. The molecular weight excluding hydrogens is 250 g/mol. The summed E-state index contributed by atoms with van der Waals surface area (Å²) in [5, 5.41) is 11.5. The van der Waals surface area contributed by atoms with Crippen LogP contribution in [0.15, 0.2) is 48.5 Å². The number of rotatable bonds is 4. The molecule has 0 unspecified atom stereocenters. The average molecular weight is 265 g/mol. The van der Waals surface area contributed by atoms with E-state index < -0.39 is 0 Å². The first kappa shape index (κ1) is 13.6. The predicted molar refractivity (Wildman–Crippen MR) is 78.0 cm³/mol. The third-order valence-corrected chi connectivity index (χ3v) is 2.96.